The molecule has 0 radical (unpaired) electrons. The van der Waals surface area contributed by atoms with Crippen molar-refractivity contribution < 1.29 is 53.8 Å². The molecule has 0 aliphatic heterocycles. The second-order valence-corrected chi connectivity index (χ2v) is 11.9. The molecule has 0 aliphatic rings. The molecular formula is C37H52N6O11. The molecule has 17 heteroatoms. The molecule has 0 saturated carbocycles. The third kappa shape index (κ3) is 15.9. The predicted molar refractivity (Wildman–Crippen MR) is 196 cm³/mol. The van der Waals surface area contributed by atoms with Crippen LogP contribution in [0, 0.1) is 0 Å². The number of hydrogen-bond donors (Lipinski definition) is 6. The van der Waals surface area contributed by atoms with Gasteiger partial charge in [0.1, 0.15) is 11.4 Å². The maximum Gasteiger partial charge on any atom is 0.354 e. The number of hydrogen-bond acceptors (Lipinski definition) is 14. The lowest BCUT2D eigenvalue weighted by Crippen LogP contribution is -2.36. The predicted octanol–water partition coefficient (Wildman–Crippen LogP) is 0.506. The van der Waals surface area contributed by atoms with Gasteiger partial charge < -0.3 is 50.4 Å². The number of nitrogens with two attached hydrogens (primary N) is 1. The summed E-state index contributed by atoms with van der Waals surface area (Å²) in [6.45, 7) is 5.07. The van der Waals surface area contributed by atoms with E-state index in [0.29, 0.717) is 95.9 Å². The van der Waals surface area contributed by atoms with E-state index in [2.05, 4.69) is 15.3 Å². The first-order valence-electron chi connectivity index (χ1n) is 17.7. The summed E-state index contributed by atoms with van der Waals surface area (Å²) in [6, 6.07) is 15.9. The molecule has 0 spiro atoms. The van der Waals surface area contributed by atoms with Crippen LogP contribution in [0.25, 0.3) is 0 Å². The number of carbonyl (C=O) groups is 3. The minimum Gasteiger partial charge on any atom is -0.477 e. The Morgan fingerprint density at radius 1 is 0.685 bits per heavy atom. The zero-order valence-corrected chi connectivity index (χ0v) is 30.4. The van der Waals surface area contributed by atoms with E-state index in [1.807, 2.05) is 9.80 Å². The van der Waals surface area contributed by atoms with Crippen LogP contribution in [0.2, 0.25) is 0 Å². The fraction of sp³-hybridized carbons (Fsp3) is 0.486. The summed E-state index contributed by atoms with van der Waals surface area (Å²) < 4.78 is 22.3. The smallest absolute Gasteiger partial charge is 0.354 e. The summed E-state index contributed by atoms with van der Waals surface area (Å²) in [4.78, 5) is 48.2. The summed E-state index contributed by atoms with van der Waals surface area (Å²) in [5.41, 5.74) is 7.40. The largest absolute Gasteiger partial charge is 0.477 e. The molecule has 7 N–H and O–H groups in total. The van der Waals surface area contributed by atoms with Crippen molar-refractivity contribution >= 4 is 17.8 Å². The summed E-state index contributed by atoms with van der Waals surface area (Å²) >= 11 is 0. The first-order chi connectivity index (χ1) is 26.3. The maximum atomic E-state index is 12.8. The number of rotatable bonds is 29. The van der Waals surface area contributed by atoms with Crippen molar-refractivity contribution in [3.63, 3.8) is 0 Å². The number of ether oxygens (including phenoxy) is 4. The molecule has 2 aromatic heterocycles. The van der Waals surface area contributed by atoms with Crippen LogP contribution < -0.4 is 11.1 Å². The third-order valence-electron chi connectivity index (χ3n) is 7.95. The van der Waals surface area contributed by atoms with E-state index >= 15 is 0 Å². The number of aromatic carboxylic acids is 2. The van der Waals surface area contributed by atoms with Crippen molar-refractivity contribution in [3.8, 4) is 0 Å². The van der Waals surface area contributed by atoms with E-state index in [1.54, 1.807) is 48.5 Å². The number of benzene rings is 1. The third-order valence-corrected chi connectivity index (χ3v) is 7.95. The molecule has 0 saturated heterocycles. The van der Waals surface area contributed by atoms with E-state index < -0.39 is 18.0 Å². The van der Waals surface area contributed by atoms with Crippen molar-refractivity contribution in [1.82, 2.24) is 25.1 Å². The van der Waals surface area contributed by atoms with Crippen LogP contribution in [0.1, 0.15) is 54.3 Å². The number of aromatic nitrogens is 2. The molecule has 296 valence electrons. The van der Waals surface area contributed by atoms with Gasteiger partial charge >= 0.3 is 11.9 Å². The molecule has 1 amide bonds. The molecule has 0 bridgehead atoms. The van der Waals surface area contributed by atoms with E-state index in [0.717, 1.165) is 5.56 Å². The maximum absolute atomic E-state index is 12.8. The quantitative estimate of drug-likeness (QED) is 0.0529. The molecular weight excluding hydrogens is 704 g/mol. The van der Waals surface area contributed by atoms with Gasteiger partial charge in [-0.3, -0.25) is 14.6 Å². The highest BCUT2D eigenvalue weighted by molar-refractivity contribution is 5.94. The van der Waals surface area contributed by atoms with E-state index in [1.165, 1.54) is 12.1 Å². The fourth-order valence-electron chi connectivity index (χ4n) is 5.38. The molecule has 1 unspecified atom stereocenters. The highest BCUT2D eigenvalue weighted by Crippen LogP contribution is 2.28. The normalized spacial score (nSPS) is 11.9. The van der Waals surface area contributed by atoms with Crippen LogP contribution in [0.4, 0.5) is 0 Å². The molecule has 2 heterocycles. The minimum atomic E-state index is -1.17. The van der Waals surface area contributed by atoms with Gasteiger partial charge in [-0.1, -0.05) is 24.3 Å². The number of carboxylic acid groups (broad SMARTS) is 2. The number of aliphatic hydroxyl groups is 2. The van der Waals surface area contributed by atoms with Crippen LogP contribution in [-0.4, -0.2) is 163 Å². The van der Waals surface area contributed by atoms with Crippen molar-refractivity contribution in [3.05, 3.63) is 94.6 Å². The second-order valence-electron chi connectivity index (χ2n) is 11.9. The number of nitrogens with zero attached hydrogens (tertiary/aromatic N) is 4. The lowest BCUT2D eigenvalue weighted by molar-refractivity contribution is 0.0245. The van der Waals surface area contributed by atoms with E-state index in [9.17, 15) is 34.8 Å². The Morgan fingerprint density at radius 3 is 1.91 bits per heavy atom. The standard InChI is InChI=1S/C37H52N6O11/c38-11-19-51-23-24-52-20-12-39-35(46)29-9-7-28(8-10-29)34(31-4-2-6-33(41-31)37(49)50)43(14-18-45)16-22-54-26-25-53-21-15-42(13-17-44)27-30-3-1-5-32(40-30)36(47)48/h1-10,34,44-45H,11-27,38H2,(H,39,46)(H,47,48)(H,49,50). The molecule has 3 aromatic rings. The fourth-order valence-corrected chi connectivity index (χ4v) is 5.38. The SMILES string of the molecule is NCCOCCOCCNC(=O)c1ccc(C(c2cccc(C(=O)O)n2)N(CCO)CCOCCOCCN(CCO)Cc2cccc(C(=O)O)n2)cc1. The Kier molecular flexibility index (Phi) is 20.8. The Bertz CT molecular complexity index is 1550. The molecule has 17 nitrogen and oxygen atoms in total. The average Bonchev–Trinajstić information content (AvgIpc) is 3.17. The Hall–Kier alpha value is -4.43. The Morgan fingerprint density at radius 2 is 1.28 bits per heavy atom. The summed E-state index contributed by atoms with van der Waals surface area (Å²) in [7, 11) is 0. The molecule has 0 aliphatic carbocycles. The number of nitrogens with one attached hydrogen (secondary N) is 1. The summed E-state index contributed by atoms with van der Waals surface area (Å²) in [6.07, 6.45) is 0. The van der Waals surface area contributed by atoms with E-state index in [4.69, 9.17) is 24.7 Å². The van der Waals surface area contributed by atoms with Gasteiger partial charge in [-0.2, -0.15) is 0 Å². The van der Waals surface area contributed by atoms with Gasteiger partial charge in [0.2, 0.25) is 0 Å². The van der Waals surface area contributed by atoms with Crippen LogP contribution in [0.15, 0.2) is 60.7 Å². The number of carboxylic acids is 2. The van der Waals surface area contributed by atoms with Crippen LogP contribution in [-0.2, 0) is 25.5 Å². The van der Waals surface area contributed by atoms with E-state index in [-0.39, 0.29) is 50.3 Å². The number of pyridine rings is 2. The zero-order valence-electron chi connectivity index (χ0n) is 30.4. The topological polar surface area (TPSA) is 239 Å². The molecule has 0 fully saturated rings. The zero-order chi connectivity index (χ0) is 39.0. The van der Waals surface area contributed by atoms with Crippen LogP contribution in [0.5, 0.6) is 0 Å². The highest BCUT2D eigenvalue weighted by atomic mass is 16.5. The van der Waals surface area contributed by atoms with Crippen molar-refractivity contribution in [2.45, 2.75) is 12.6 Å². The first kappa shape index (κ1) is 44.0. The van der Waals surface area contributed by atoms with Gasteiger partial charge in [-0.05, 0) is 42.0 Å². The second kappa shape index (κ2) is 25.6. The molecule has 1 aromatic carbocycles. The number of aliphatic hydroxyl groups excluding tert-OH is 2. The molecule has 54 heavy (non-hydrogen) atoms. The van der Waals surface area contributed by atoms with Gasteiger partial charge in [0.05, 0.1) is 83.5 Å². The van der Waals surface area contributed by atoms with Crippen molar-refractivity contribution in [2.24, 2.45) is 5.73 Å². The Balaban J connectivity index is 1.55. The number of carbonyl (C=O) groups excluding carboxylic acids is 1. The summed E-state index contributed by atoms with van der Waals surface area (Å²) in [5, 5.41) is 41.1. The lowest BCUT2D eigenvalue weighted by atomic mass is 9.99. The molecule has 3 rings (SSSR count). The average molecular weight is 757 g/mol. The van der Waals surface area contributed by atoms with Crippen LogP contribution in [0.3, 0.4) is 0 Å². The highest BCUT2D eigenvalue weighted by Gasteiger charge is 2.25. The van der Waals surface area contributed by atoms with Crippen molar-refractivity contribution in [2.75, 3.05) is 105 Å². The number of amides is 1. The van der Waals surface area contributed by atoms with Gasteiger partial charge in [-0.25, -0.2) is 19.6 Å². The van der Waals surface area contributed by atoms with Crippen molar-refractivity contribution in [1.29, 1.82) is 0 Å². The monoisotopic (exact) mass is 756 g/mol. The minimum absolute atomic E-state index is 0.0452. The van der Waals surface area contributed by atoms with Gasteiger partial charge in [0, 0.05) is 51.4 Å². The Labute approximate surface area is 314 Å². The first-order valence-corrected chi connectivity index (χ1v) is 17.7. The van der Waals surface area contributed by atoms with Crippen LogP contribution >= 0.6 is 0 Å². The molecule has 1 atom stereocenters. The van der Waals surface area contributed by atoms with Gasteiger partial charge in [0.15, 0.2) is 0 Å². The lowest BCUT2D eigenvalue weighted by Gasteiger charge is -2.31. The van der Waals surface area contributed by atoms with Gasteiger partial charge in [-0.15, -0.1) is 0 Å². The summed E-state index contributed by atoms with van der Waals surface area (Å²) in [5.74, 6) is -2.56. The van der Waals surface area contributed by atoms with Gasteiger partial charge in [0.25, 0.3) is 5.91 Å².